The number of hydrogen-bond acceptors (Lipinski definition) is 6. The third-order valence-corrected chi connectivity index (χ3v) is 5.04. The Morgan fingerprint density at radius 1 is 1.40 bits per heavy atom. The zero-order valence-electron chi connectivity index (χ0n) is 11.2. The summed E-state index contributed by atoms with van der Waals surface area (Å²) in [5, 5.41) is 8.36. The van der Waals surface area contributed by atoms with Crippen LogP contribution in [0.25, 0.3) is 0 Å². The van der Waals surface area contributed by atoms with Crippen molar-refractivity contribution in [3.63, 3.8) is 0 Å². The van der Waals surface area contributed by atoms with Gasteiger partial charge in [0.05, 0.1) is 12.4 Å². The summed E-state index contributed by atoms with van der Waals surface area (Å²) >= 11 is 0. The highest BCUT2D eigenvalue weighted by molar-refractivity contribution is 7.90. The van der Waals surface area contributed by atoms with Crippen molar-refractivity contribution in [2.45, 2.75) is 37.0 Å². The number of carbonyl (C=O) groups is 2. The van der Waals surface area contributed by atoms with E-state index in [0.29, 0.717) is 26.1 Å². The summed E-state index contributed by atoms with van der Waals surface area (Å²) in [6, 6.07) is -1.33. The molecule has 9 heteroatoms. The summed E-state index contributed by atoms with van der Waals surface area (Å²) < 4.78 is 35.8. The van der Waals surface area contributed by atoms with Crippen LogP contribution in [0.4, 0.5) is 0 Å². The number of esters is 1. The molecule has 0 amide bonds. The lowest BCUT2D eigenvalue weighted by Crippen LogP contribution is -2.46. The van der Waals surface area contributed by atoms with E-state index in [4.69, 9.17) is 9.84 Å². The molecule has 116 valence electrons. The lowest BCUT2D eigenvalue weighted by atomic mass is 10.2. The van der Waals surface area contributed by atoms with Crippen LogP contribution in [-0.2, 0) is 29.1 Å². The molecule has 1 saturated heterocycles. The van der Waals surface area contributed by atoms with Crippen LogP contribution in [0.15, 0.2) is 0 Å². The molecule has 0 radical (unpaired) electrons. The summed E-state index contributed by atoms with van der Waals surface area (Å²) in [6.45, 7) is 0.678. The molecule has 0 aromatic heterocycles. The van der Waals surface area contributed by atoms with Gasteiger partial charge in [0.25, 0.3) is 0 Å². The van der Waals surface area contributed by atoms with Gasteiger partial charge in [-0.15, -0.1) is 0 Å². The molecular weight excluding hydrogens is 290 g/mol. The molecule has 1 atom stereocenters. The van der Waals surface area contributed by atoms with Crippen LogP contribution in [0.5, 0.6) is 0 Å². The van der Waals surface area contributed by atoms with Crippen molar-refractivity contribution in [2.75, 3.05) is 20.3 Å². The average molecular weight is 309 g/mol. The highest BCUT2D eigenvalue weighted by atomic mass is 32.2. The first-order valence-electron chi connectivity index (χ1n) is 6.25. The van der Waals surface area contributed by atoms with Gasteiger partial charge in [-0.2, -0.15) is 0 Å². The summed E-state index contributed by atoms with van der Waals surface area (Å²) in [7, 11) is -2.56. The third-order valence-electron chi connectivity index (χ3n) is 3.08. The van der Waals surface area contributed by atoms with E-state index in [9.17, 15) is 18.0 Å². The van der Waals surface area contributed by atoms with Crippen molar-refractivity contribution >= 4 is 22.0 Å². The van der Waals surface area contributed by atoms with Gasteiger partial charge in [-0.3, -0.25) is 9.59 Å². The Morgan fingerprint density at radius 2 is 2.00 bits per heavy atom. The molecule has 1 heterocycles. The average Bonchev–Trinajstić information content (AvgIpc) is 2.43. The predicted molar refractivity (Wildman–Crippen MR) is 68.6 cm³/mol. The Bertz CT molecular complexity index is 442. The summed E-state index contributed by atoms with van der Waals surface area (Å²) in [5.41, 5.74) is 0. The molecule has 2 N–H and O–H groups in total. The first kappa shape index (κ1) is 16.9. The van der Waals surface area contributed by atoms with E-state index < -0.39 is 33.3 Å². The lowest BCUT2D eigenvalue weighted by Gasteiger charge is -2.24. The van der Waals surface area contributed by atoms with Gasteiger partial charge in [-0.05, 0) is 19.3 Å². The van der Waals surface area contributed by atoms with Gasteiger partial charge in [0.1, 0.15) is 6.04 Å². The molecular formula is C11H19NO7S. The fourth-order valence-corrected chi connectivity index (χ4v) is 3.50. The maximum atomic E-state index is 12.1. The standard InChI is InChI=1S/C11H19NO7S/c1-18-10(13)3-2-9(11(14)15)12-20(16,17)8-4-6-19-7-5-8/h8-9,12H,2-7H2,1H3,(H,14,15). The second-order valence-electron chi connectivity index (χ2n) is 4.48. The molecule has 8 nitrogen and oxygen atoms in total. The van der Waals surface area contributed by atoms with Gasteiger partial charge >= 0.3 is 11.9 Å². The maximum Gasteiger partial charge on any atom is 0.321 e. The van der Waals surface area contributed by atoms with Gasteiger partial charge < -0.3 is 14.6 Å². The van der Waals surface area contributed by atoms with E-state index >= 15 is 0 Å². The van der Waals surface area contributed by atoms with Crippen LogP contribution >= 0.6 is 0 Å². The molecule has 1 fully saturated rings. The predicted octanol–water partition coefficient (Wildman–Crippen LogP) is -0.509. The van der Waals surface area contributed by atoms with Crippen molar-refractivity contribution < 1.29 is 32.6 Å². The van der Waals surface area contributed by atoms with E-state index in [1.54, 1.807) is 0 Å². The quantitative estimate of drug-likeness (QED) is 0.608. The molecule has 0 aromatic rings. The number of carboxylic acid groups (broad SMARTS) is 1. The van der Waals surface area contributed by atoms with Gasteiger partial charge in [0, 0.05) is 19.6 Å². The Labute approximate surface area is 117 Å². The largest absolute Gasteiger partial charge is 0.480 e. The fourth-order valence-electron chi connectivity index (χ4n) is 1.88. The van der Waals surface area contributed by atoms with Crippen molar-refractivity contribution in [2.24, 2.45) is 0 Å². The molecule has 0 spiro atoms. The van der Waals surface area contributed by atoms with E-state index in [0.717, 1.165) is 0 Å². The van der Waals surface area contributed by atoms with E-state index in [1.807, 2.05) is 0 Å². The molecule has 1 aliphatic rings. The highest BCUT2D eigenvalue weighted by Gasteiger charge is 2.32. The van der Waals surface area contributed by atoms with E-state index in [-0.39, 0.29) is 12.8 Å². The Kier molecular flexibility index (Phi) is 6.37. The van der Waals surface area contributed by atoms with Crippen LogP contribution in [0, 0.1) is 0 Å². The molecule has 0 bridgehead atoms. The number of carbonyl (C=O) groups excluding carboxylic acids is 1. The minimum atomic E-state index is -3.75. The van der Waals surface area contributed by atoms with Crippen molar-refractivity contribution in [1.29, 1.82) is 0 Å². The third kappa shape index (κ3) is 5.06. The summed E-state index contributed by atoms with van der Waals surface area (Å²) in [4.78, 5) is 22.1. The van der Waals surface area contributed by atoms with Crippen molar-refractivity contribution in [1.82, 2.24) is 4.72 Å². The lowest BCUT2D eigenvalue weighted by molar-refractivity contribution is -0.142. The minimum absolute atomic E-state index is 0.148. The normalized spacial score (nSPS) is 18.4. The van der Waals surface area contributed by atoms with Gasteiger partial charge in [-0.25, -0.2) is 13.1 Å². The van der Waals surface area contributed by atoms with Crippen LogP contribution in [-0.4, -0.2) is 57.1 Å². The first-order valence-corrected chi connectivity index (χ1v) is 7.80. The number of carboxylic acids is 1. The van der Waals surface area contributed by atoms with Gasteiger partial charge in [-0.1, -0.05) is 0 Å². The molecule has 1 rings (SSSR count). The summed E-state index contributed by atoms with van der Waals surface area (Å²) in [5.74, 6) is -1.90. The Balaban J connectivity index is 2.63. The van der Waals surface area contributed by atoms with E-state index in [1.165, 1.54) is 7.11 Å². The van der Waals surface area contributed by atoms with Crippen LogP contribution < -0.4 is 4.72 Å². The topological polar surface area (TPSA) is 119 Å². The van der Waals surface area contributed by atoms with E-state index in [2.05, 4.69) is 9.46 Å². The second kappa shape index (κ2) is 7.55. The second-order valence-corrected chi connectivity index (χ2v) is 6.47. The Morgan fingerprint density at radius 3 is 2.50 bits per heavy atom. The first-order chi connectivity index (χ1) is 9.36. The molecule has 1 aliphatic heterocycles. The van der Waals surface area contributed by atoms with Crippen LogP contribution in [0.1, 0.15) is 25.7 Å². The van der Waals surface area contributed by atoms with Crippen LogP contribution in [0.2, 0.25) is 0 Å². The number of ether oxygens (including phenoxy) is 2. The summed E-state index contributed by atoms with van der Waals surface area (Å²) in [6.07, 6.45) is 0.353. The van der Waals surface area contributed by atoms with Gasteiger partial charge in [0.2, 0.25) is 10.0 Å². The number of hydrogen-bond donors (Lipinski definition) is 2. The number of nitrogens with one attached hydrogen (secondary N) is 1. The van der Waals surface area contributed by atoms with Gasteiger partial charge in [0.15, 0.2) is 0 Å². The number of methoxy groups -OCH3 is 1. The molecule has 20 heavy (non-hydrogen) atoms. The van der Waals surface area contributed by atoms with Crippen molar-refractivity contribution in [3.8, 4) is 0 Å². The zero-order chi connectivity index (χ0) is 15.2. The van der Waals surface area contributed by atoms with Crippen LogP contribution in [0.3, 0.4) is 0 Å². The van der Waals surface area contributed by atoms with Crippen molar-refractivity contribution in [3.05, 3.63) is 0 Å². The number of sulfonamides is 1. The number of rotatable bonds is 7. The maximum absolute atomic E-state index is 12.1. The Hall–Kier alpha value is -1.19. The highest BCUT2D eigenvalue weighted by Crippen LogP contribution is 2.16. The molecule has 0 aliphatic carbocycles. The number of aliphatic carboxylic acids is 1. The molecule has 0 saturated carbocycles. The zero-order valence-corrected chi connectivity index (χ0v) is 12.0. The minimum Gasteiger partial charge on any atom is -0.480 e. The molecule has 0 aromatic carbocycles. The molecule has 1 unspecified atom stereocenters. The monoisotopic (exact) mass is 309 g/mol. The smallest absolute Gasteiger partial charge is 0.321 e. The SMILES string of the molecule is COC(=O)CCC(NS(=O)(=O)C1CCOCC1)C(=O)O. The fraction of sp³-hybridized carbons (Fsp3) is 0.818.